The molecular weight excluding hydrogens is 232 g/mol. The molecule has 1 aromatic rings. The summed E-state index contributed by atoms with van der Waals surface area (Å²) in [6.07, 6.45) is 2.31. The number of hydrogen-bond donors (Lipinski definition) is 1. The molecule has 0 amide bonds. The summed E-state index contributed by atoms with van der Waals surface area (Å²) in [6.45, 7) is 1.02. The fourth-order valence-corrected chi connectivity index (χ4v) is 2.48. The number of rotatable bonds is 2. The number of ketones is 1. The average Bonchev–Trinajstić information content (AvgIpc) is 2.26. The van der Waals surface area contributed by atoms with Crippen LogP contribution in [0.3, 0.4) is 0 Å². The van der Waals surface area contributed by atoms with Gasteiger partial charge in [0.05, 0.1) is 11.6 Å². The van der Waals surface area contributed by atoms with Gasteiger partial charge in [0.1, 0.15) is 5.82 Å². The molecule has 0 spiro atoms. The Morgan fingerprint density at radius 2 is 2.11 bits per heavy atom. The maximum Gasteiger partial charge on any atom is 0.310 e. The van der Waals surface area contributed by atoms with Crippen LogP contribution in [0.5, 0.6) is 0 Å². The van der Waals surface area contributed by atoms with Crippen molar-refractivity contribution < 1.29 is 14.7 Å². The van der Waals surface area contributed by atoms with Crippen molar-refractivity contribution in [3.05, 3.63) is 23.4 Å². The molecule has 5 heteroatoms. The highest BCUT2D eigenvalue weighted by Crippen LogP contribution is 2.27. The van der Waals surface area contributed by atoms with E-state index in [9.17, 15) is 9.59 Å². The highest BCUT2D eigenvalue weighted by molar-refractivity contribution is 5.98. The molecular formula is C13H14N2O3. The third kappa shape index (κ3) is 1.75. The van der Waals surface area contributed by atoms with Crippen LogP contribution in [-0.2, 0) is 11.2 Å². The lowest BCUT2D eigenvalue weighted by atomic mass is 9.94. The van der Waals surface area contributed by atoms with Gasteiger partial charge in [-0.2, -0.15) is 0 Å². The number of pyridine rings is 1. The maximum absolute atomic E-state index is 11.7. The second-order valence-electron chi connectivity index (χ2n) is 4.88. The minimum atomic E-state index is -0.751. The van der Waals surface area contributed by atoms with Crippen molar-refractivity contribution in [1.82, 2.24) is 4.98 Å². The number of Topliss-reactive ketones (excluding diaryl/α,β-unsaturated/α-hetero) is 1. The molecule has 0 unspecified atom stereocenters. The highest BCUT2D eigenvalue weighted by atomic mass is 16.4. The predicted octanol–water partition coefficient (Wildman–Crippen LogP) is 1.12. The Balaban J connectivity index is 1.79. The lowest BCUT2D eigenvalue weighted by Gasteiger charge is -2.38. The van der Waals surface area contributed by atoms with Gasteiger partial charge in [-0.05, 0) is 25.0 Å². The van der Waals surface area contributed by atoms with E-state index in [1.54, 1.807) is 0 Å². The molecule has 0 saturated carbocycles. The monoisotopic (exact) mass is 246 g/mol. The van der Waals surface area contributed by atoms with E-state index in [1.807, 2.05) is 17.0 Å². The zero-order valence-electron chi connectivity index (χ0n) is 9.93. The first-order valence-electron chi connectivity index (χ1n) is 6.16. The Morgan fingerprint density at radius 1 is 1.33 bits per heavy atom. The summed E-state index contributed by atoms with van der Waals surface area (Å²) in [7, 11) is 0. The van der Waals surface area contributed by atoms with Gasteiger partial charge in [0, 0.05) is 25.1 Å². The molecule has 1 fully saturated rings. The van der Waals surface area contributed by atoms with Crippen LogP contribution in [-0.4, -0.2) is 34.9 Å². The summed E-state index contributed by atoms with van der Waals surface area (Å²) in [5.41, 5.74) is 1.60. The van der Waals surface area contributed by atoms with Crippen LogP contribution in [0, 0.1) is 5.92 Å². The van der Waals surface area contributed by atoms with Gasteiger partial charge in [-0.1, -0.05) is 0 Å². The second-order valence-corrected chi connectivity index (χ2v) is 4.88. The molecule has 0 atom stereocenters. The molecule has 1 aliphatic heterocycles. The van der Waals surface area contributed by atoms with Crippen molar-refractivity contribution in [2.75, 3.05) is 18.0 Å². The number of carboxylic acid groups (broad SMARTS) is 1. The first-order chi connectivity index (χ1) is 8.65. The summed E-state index contributed by atoms with van der Waals surface area (Å²) in [4.78, 5) is 28.8. The third-order valence-corrected chi connectivity index (χ3v) is 3.63. The standard InChI is InChI=1S/C13H14N2O3/c16-11-3-1-2-10-9(11)4-5-12(14-10)15-6-8(7-15)13(17)18/h4-5,8H,1-3,6-7H2,(H,17,18). The highest BCUT2D eigenvalue weighted by Gasteiger charge is 2.33. The van der Waals surface area contributed by atoms with Crippen molar-refractivity contribution in [2.24, 2.45) is 5.92 Å². The molecule has 5 nitrogen and oxygen atoms in total. The van der Waals surface area contributed by atoms with Gasteiger partial charge in [0.15, 0.2) is 5.78 Å². The van der Waals surface area contributed by atoms with Gasteiger partial charge in [0.2, 0.25) is 0 Å². The van der Waals surface area contributed by atoms with Crippen LogP contribution >= 0.6 is 0 Å². The predicted molar refractivity (Wildman–Crippen MR) is 64.8 cm³/mol. The normalized spacial score (nSPS) is 19.3. The van der Waals surface area contributed by atoms with Crippen LogP contribution in [0.2, 0.25) is 0 Å². The Hall–Kier alpha value is -1.91. The number of hydrogen-bond acceptors (Lipinski definition) is 4. The average molecular weight is 246 g/mol. The van der Waals surface area contributed by atoms with Crippen molar-refractivity contribution in [3.63, 3.8) is 0 Å². The second kappa shape index (κ2) is 4.08. The minimum absolute atomic E-state index is 0.169. The SMILES string of the molecule is O=C1CCCc2nc(N3CC(C(=O)O)C3)ccc21. The number of carbonyl (C=O) groups excluding carboxylic acids is 1. The number of aryl methyl sites for hydroxylation is 1. The van der Waals surface area contributed by atoms with Crippen molar-refractivity contribution in [1.29, 1.82) is 0 Å². The van der Waals surface area contributed by atoms with E-state index in [2.05, 4.69) is 4.98 Å². The summed E-state index contributed by atoms with van der Waals surface area (Å²) < 4.78 is 0. The molecule has 1 N–H and O–H groups in total. The van der Waals surface area contributed by atoms with Gasteiger partial charge < -0.3 is 10.0 Å². The Labute approximate surface area is 104 Å². The number of aromatic nitrogens is 1. The molecule has 94 valence electrons. The van der Waals surface area contributed by atoms with E-state index in [4.69, 9.17) is 5.11 Å². The number of carbonyl (C=O) groups is 2. The van der Waals surface area contributed by atoms with Crippen molar-refractivity contribution in [3.8, 4) is 0 Å². The molecule has 3 rings (SSSR count). The Kier molecular flexibility index (Phi) is 2.54. The number of carboxylic acids is 1. The van der Waals surface area contributed by atoms with Gasteiger partial charge in [-0.3, -0.25) is 9.59 Å². The van der Waals surface area contributed by atoms with E-state index >= 15 is 0 Å². The lowest BCUT2D eigenvalue weighted by Crippen LogP contribution is -2.50. The molecule has 18 heavy (non-hydrogen) atoms. The Morgan fingerprint density at radius 3 is 2.83 bits per heavy atom. The fourth-order valence-electron chi connectivity index (χ4n) is 2.48. The summed E-state index contributed by atoms with van der Waals surface area (Å²) in [5, 5.41) is 8.83. The van der Waals surface area contributed by atoms with Gasteiger partial charge in [-0.15, -0.1) is 0 Å². The molecule has 2 aliphatic rings. The molecule has 0 aromatic carbocycles. The molecule has 0 radical (unpaired) electrons. The van der Waals surface area contributed by atoms with Crippen LogP contribution in [0.25, 0.3) is 0 Å². The number of nitrogens with zero attached hydrogens (tertiary/aromatic N) is 2. The van der Waals surface area contributed by atoms with Crippen LogP contribution < -0.4 is 4.90 Å². The van der Waals surface area contributed by atoms with E-state index in [0.717, 1.165) is 29.9 Å². The fraction of sp³-hybridized carbons (Fsp3) is 0.462. The molecule has 1 saturated heterocycles. The van der Waals surface area contributed by atoms with E-state index in [0.29, 0.717) is 19.5 Å². The van der Waals surface area contributed by atoms with E-state index in [-0.39, 0.29) is 11.7 Å². The largest absolute Gasteiger partial charge is 0.481 e. The molecule has 1 aromatic heterocycles. The number of aliphatic carboxylic acids is 1. The maximum atomic E-state index is 11.7. The summed E-state index contributed by atoms with van der Waals surface area (Å²) in [5.74, 6) is -0.0767. The Bertz CT molecular complexity index is 521. The first kappa shape index (κ1) is 11.2. The van der Waals surface area contributed by atoms with E-state index in [1.165, 1.54) is 0 Å². The van der Waals surface area contributed by atoms with Crippen LogP contribution in [0.4, 0.5) is 5.82 Å². The topological polar surface area (TPSA) is 70.5 Å². The van der Waals surface area contributed by atoms with Gasteiger partial charge in [0.25, 0.3) is 0 Å². The first-order valence-corrected chi connectivity index (χ1v) is 6.16. The van der Waals surface area contributed by atoms with Crippen molar-refractivity contribution >= 4 is 17.6 Å². The van der Waals surface area contributed by atoms with Crippen LogP contribution in [0.1, 0.15) is 28.9 Å². The summed E-state index contributed by atoms with van der Waals surface area (Å²) >= 11 is 0. The molecule has 0 bridgehead atoms. The summed E-state index contributed by atoms with van der Waals surface area (Å²) in [6, 6.07) is 3.65. The van der Waals surface area contributed by atoms with Gasteiger partial charge in [-0.25, -0.2) is 4.98 Å². The minimum Gasteiger partial charge on any atom is -0.481 e. The quantitative estimate of drug-likeness (QED) is 0.846. The third-order valence-electron chi connectivity index (χ3n) is 3.63. The zero-order chi connectivity index (χ0) is 12.7. The molecule has 2 heterocycles. The number of fused-ring (bicyclic) bond motifs is 1. The smallest absolute Gasteiger partial charge is 0.310 e. The van der Waals surface area contributed by atoms with E-state index < -0.39 is 5.97 Å². The lowest BCUT2D eigenvalue weighted by molar-refractivity contribution is -0.142. The number of anilines is 1. The zero-order valence-corrected chi connectivity index (χ0v) is 9.93. The van der Waals surface area contributed by atoms with Crippen LogP contribution in [0.15, 0.2) is 12.1 Å². The van der Waals surface area contributed by atoms with Crippen molar-refractivity contribution in [2.45, 2.75) is 19.3 Å². The molecule has 1 aliphatic carbocycles. The van der Waals surface area contributed by atoms with Gasteiger partial charge >= 0.3 is 5.97 Å².